The second kappa shape index (κ2) is 6.85. The predicted molar refractivity (Wildman–Crippen MR) is 95.3 cm³/mol. The smallest absolute Gasteiger partial charge is 0.137 e. The van der Waals surface area contributed by atoms with E-state index in [1.54, 1.807) is 0 Å². The Morgan fingerprint density at radius 3 is 2.61 bits per heavy atom. The third-order valence-corrected chi connectivity index (χ3v) is 4.83. The maximum absolute atomic E-state index is 4.84. The molecular formula is C19H28N4. The molecule has 0 radical (unpaired) electrons. The third kappa shape index (κ3) is 3.65. The monoisotopic (exact) mass is 312 g/mol. The van der Waals surface area contributed by atoms with E-state index in [9.17, 15) is 0 Å². The van der Waals surface area contributed by atoms with Crippen LogP contribution in [-0.2, 0) is 6.54 Å². The summed E-state index contributed by atoms with van der Waals surface area (Å²) >= 11 is 0. The van der Waals surface area contributed by atoms with E-state index in [4.69, 9.17) is 4.98 Å². The van der Waals surface area contributed by atoms with Gasteiger partial charge in [-0.1, -0.05) is 30.3 Å². The third-order valence-electron chi connectivity index (χ3n) is 4.83. The molecule has 3 rings (SSSR count). The fourth-order valence-electron chi connectivity index (χ4n) is 3.55. The van der Waals surface area contributed by atoms with Gasteiger partial charge in [-0.05, 0) is 27.7 Å². The first-order valence-electron chi connectivity index (χ1n) is 8.63. The van der Waals surface area contributed by atoms with Crippen molar-refractivity contribution >= 4 is 0 Å². The van der Waals surface area contributed by atoms with Gasteiger partial charge in [0, 0.05) is 49.5 Å². The van der Waals surface area contributed by atoms with Gasteiger partial charge < -0.3 is 4.98 Å². The van der Waals surface area contributed by atoms with E-state index in [1.165, 1.54) is 11.4 Å². The quantitative estimate of drug-likeness (QED) is 0.941. The number of rotatable bonds is 4. The molecule has 1 saturated heterocycles. The number of aromatic amines is 1. The highest BCUT2D eigenvalue weighted by Gasteiger charge is 2.26. The van der Waals surface area contributed by atoms with E-state index in [2.05, 4.69) is 66.7 Å². The lowest BCUT2D eigenvalue weighted by atomic mass is 10.1. The van der Waals surface area contributed by atoms with Gasteiger partial charge in [0.25, 0.3) is 0 Å². The van der Waals surface area contributed by atoms with E-state index >= 15 is 0 Å². The Hall–Kier alpha value is -1.65. The fourth-order valence-corrected chi connectivity index (χ4v) is 3.55. The van der Waals surface area contributed by atoms with Crippen molar-refractivity contribution in [2.75, 3.05) is 19.6 Å². The van der Waals surface area contributed by atoms with Crippen molar-refractivity contribution in [1.29, 1.82) is 0 Å². The summed E-state index contributed by atoms with van der Waals surface area (Å²) in [5.41, 5.74) is 3.51. The molecule has 2 aromatic rings. The molecule has 2 heterocycles. The van der Waals surface area contributed by atoms with Crippen LogP contribution in [0.25, 0.3) is 11.4 Å². The number of aromatic nitrogens is 2. The van der Waals surface area contributed by atoms with Crippen LogP contribution in [0.2, 0.25) is 0 Å². The number of benzene rings is 1. The lowest BCUT2D eigenvalue weighted by Crippen LogP contribution is -2.53. The fraction of sp³-hybridized carbons (Fsp3) is 0.526. The summed E-state index contributed by atoms with van der Waals surface area (Å²) in [4.78, 5) is 13.4. The number of nitrogens with zero attached hydrogens (tertiary/aromatic N) is 3. The van der Waals surface area contributed by atoms with Crippen molar-refractivity contribution in [3.05, 3.63) is 41.7 Å². The number of nitrogens with one attached hydrogen (secondary N) is 1. The van der Waals surface area contributed by atoms with Gasteiger partial charge in [0.05, 0.1) is 5.69 Å². The molecule has 23 heavy (non-hydrogen) atoms. The molecule has 0 aliphatic carbocycles. The molecule has 1 N–H and O–H groups in total. The van der Waals surface area contributed by atoms with Gasteiger partial charge >= 0.3 is 0 Å². The molecule has 4 nitrogen and oxygen atoms in total. The molecular weight excluding hydrogens is 284 g/mol. The largest absolute Gasteiger partial charge is 0.342 e. The molecule has 0 spiro atoms. The van der Waals surface area contributed by atoms with Crippen LogP contribution in [0.5, 0.6) is 0 Å². The second-order valence-electron chi connectivity index (χ2n) is 6.94. The summed E-state index contributed by atoms with van der Waals surface area (Å²) in [5.74, 6) is 0.979. The standard InChI is InChI=1S/C19H28N4/c1-14(2)23-11-10-22(12-15(23)3)13-18-16(4)20-19(21-18)17-8-6-5-7-9-17/h5-9,14-15H,10-13H2,1-4H3,(H,20,21). The minimum Gasteiger partial charge on any atom is -0.342 e. The number of hydrogen-bond acceptors (Lipinski definition) is 3. The Morgan fingerprint density at radius 1 is 1.22 bits per heavy atom. The summed E-state index contributed by atoms with van der Waals surface area (Å²) < 4.78 is 0. The SMILES string of the molecule is Cc1[nH]c(-c2ccccc2)nc1CN1CCN(C(C)C)C(C)C1. The normalized spacial score (nSPS) is 20.3. The lowest BCUT2D eigenvalue weighted by Gasteiger charge is -2.41. The van der Waals surface area contributed by atoms with Crippen LogP contribution < -0.4 is 0 Å². The van der Waals surface area contributed by atoms with Gasteiger partial charge in [0.1, 0.15) is 5.82 Å². The molecule has 1 aromatic heterocycles. The molecule has 0 saturated carbocycles. The first-order chi connectivity index (χ1) is 11.0. The van der Waals surface area contributed by atoms with E-state index < -0.39 is 0 Å². The van der Waals surface area contributed by atoms with Crippen LogP contribution in [0.4, 0.5) is 0 Å². The average molecular weight is 312 g/mol. The topological polar surface area (TPSA) is 35.2 Å². The molecule has 1 aliphatic heterocycles. The lowest BCUT2D eigenvalue weighted by molar-refractivity contribution is 0.0558. The van der Waals surface area contributed by atoms with Crippen LogP contribution in [0.15, 0.2) is 30.3 Å². The van der Waals surface area contributed by atoms with E-state index in [0.29, 0.717) is 12.1 Å². The highest BCUT2D eigenvalue weighted by Crippen LogP contribution is 2.20. The number of H-pyrrole nitrogens is 1. The van der Waals surface area contributed by atoms with Crippen LogP contribution in [-0.4, -0.2) is 51.5 Å². The Balaban J connectivity index is 1.69. The van der Waals surface area contributed by atoms with Crippen LogP contribution in [0, 0.1) is 6.92 Å². The van der Waals surface area contributed by atoms with Gasteiger partial charge in [0.2, 0.25) is 0 Å². The van der Waals surface area contributed by atoms with Gasteiger partial charge in [-0.3, -0.25) is 9.80 Å². The molecule has 1 aliphatic rings. The molecule has 0 amide bonds. The number of piperazine rings is 1. The Bertz CT molecular complexity index is 632. The summed E-state index contributed by atoms with van der Waals surface area (Å²) in [6, 6.07) is 11.6. The number of imidazole rings is 1. The molecule has 1 aromatic carbocycles. The van der Waals surface area contributed by atoms with Crippen LogP contribution in [0.1, 0.15) is 32.2 Å². The first kappa shape index (κ1) is 16.2. The van der Waals surface area contributed by atoms with E-state index in [0.717, 1.165) is 37.6 Å². The maximum Gasteiger partial charge on any atom is 0.137 e. The molecule has 1 unspecified atom stereocenters. The van der Waals surface area contributed by atoms with Gasteiger partial charge in [-0.25, -0.2) is 4.98 Å². The van der Waals surface area contributed by atoms with Gasteiger partial charge in [-0.2, -0.15) is 0 Å². The number of hydrogen-bond donors (Lipinski definition) is 1. The molecule has 4 heteroatoms. The highest BCUT2D eigenvalue weighted by molar-refractivity contribution is 5.55. The average Bonchev–Trinajstić information content (AvgIpc) is 2.89. The zero-order valence-corrected chi connectivity index (χ0v) is 14.7. The Kier molecular flexibility index (Phi) is 4.83. The first-order valence-corrected chi connectivity index (χ1v) is 8.63. The van der Waals surface area contributed by atoms with Crippen molar-refractivity contribution in [2.24, 2.45) is 0 Å². The minimum atomic E-state index is 0.608. The van der Waals surface area contributed by atoms with E-state index in [1.807, 2.05) is 6.07 Å². The summed E-state index contributed by atoms with van der Waals surface area (Å²) in [6.45, 7) is 13.4. The zero-order valence-electron chi connectivity index (χ0n) is 14.7. The van der Waals surface area contributed by atoms with Gasteiger partial charge in [0.15, 0.2) is 0 Å². The molecule has 1 fully saturated rings. The Morgan fingerprint density at radius 2 is 1.96 bits per heavy atom. The highest BCUT2D eigenvalue weighted by atomic mass is 15.3. The second-order valence-corrected chi connectivity index (χ2v) is 6.94. The maximum atomic E-state index is 4.84. The molecule has 124 valence electrons. The van der Waals surface area contributed by atoms with Crippen LogP contribution >= 0.6 is 0 Å². The summed E-state index contributed by atoms with van der Waals surface area (Å²) in [6.07, 6.45) is 0. The van der Waals surface area contributed by atoms with Crippen molar-refractivity contribution in [3.63, 3.8) is 0 Å². The van der Waals surface area contributed by atoms with E-state index in [-0.39, 0.29) is 0 Å². The van der Waals surface area contributed by atoms with Crippen LogP contribution in [0.3, 0.4) is 0 Å². The Labute approximate surface area is 139 Å². The van der Waals surface area contributed by atoms with Crippen molar-refractivity contribution in [3.8, 4) is 11.4 Å². The summed E-state index contributed by atoms with van der Waals surface area (Å²) in [7, 11) is 0. The van der Waals surface area contributed by atoms with Gasteiger partial charge in [-0.15, -0.1) is 0 Å². The molecule has 0 bridgehead atoms. The predicted octanol–water partition coefficient (Wildman–Crippen LogP) is 3.30. The zero-order chi connectivity index (χ0) is 16.4. The van der Waals surface area contributed by atoms with Crippen molar-refractivity contribution in [1.82, 2.24) is 19.8 Å². The molecule has 1 atom stereocenters. The minimum absolute atomic E-state index is 0.608. The summed E-state index contributed by atoms with van der Waals surface area (Å²) in [5, 5.41) is 0. The van der Waals surface area contributed by atoms with Crippen molar-refractivity contribution < 1.29 is 0 Å². The number of aryl methyl sites for hydroxylation is 1. The van der Waals surface area contributed by atoms with Crippen molar-refractivity contribution in [2.45, 2.75) is 46.3 Å².